The fraction of sp³-hybridized carbons (Fsp3) is 0.700. The van der Waals surface area contributed by atoms with Gasteiger partial charge in [-0.2, -0.15) is 5.10 Å². The summed E-state index contributed by atoms with van der Waals surface area (Å²) in [5, 5.41) is 4.15. The molecule has 4 nitrogen and oxygen atoms in total. The van der Waals surface area contributed by atoms with Crippen LogP contribution < -0.4 is 0 Å². The molecule has 0 bridgehead atoms. The number of aromatic nitrogens is 2. The fourth-order valence-electron chi connectivity index (χ4n) is 1.30. The zero-order valence-electron chi connectivity index (χ0n) is 9.02. The summed E-state index contributed by atoms with van der Waals surface area (Å²) in [6, 6.07) is 1.95. The number of ether oxygens (including phenoxy) is 1. The molecule has 0 atom stereocenters. The topological polar surface area (TPSA) is 30.3 Å². The van der Waals surface area contributed by atoms with Gasteiger partial charge in [0.05, 0.1) is 6.54 Å². The first-order chi connectivity index (χ1) is 6.83. The lowest BCUT2D eigenvalue weighted by atomic mass is 10.4. The van der Waals surface area contributed by atoms with Gasteiger partial charge < -0.3 is 9.64 Å². The number of likely N-dealkylation sites (N-methyl/N-ethyl adjacent to an activating group) is 1. The summed E-state index contributed by atoms with van der Waals surface area (Å²) in [5.41, 5.74) is 0. The lowest BCUT2D eigenvalue weighted by Gasteiger charge is -2.15. The van der Waals surface area contributed by atoms with Crippen LogP contribution in [0.25, 0.3) is 0 Å². The van der Waals surface area contributed by atoms with E-state index in [2.05, 4.69) is 17.0 Å². The summed E-state index contributed by atoms with van der Waals surface area (Å²) in [6.45, 7) is 3.91. The second-order valence-corrected chi connectivity index (χ2v) is 3.42. The highest BCUT2D eigenvalue weighted by Crippen LogP contribution is 1.90. The minimum atomic E-state index is 0.839. The molecule has 0 aliphatic heterocycles. The Bertz CT molecular complexity index is 223. The van der Waals surface area contributed by atoms with Crippen LogP contribution in [0.15, 0.2) is 18.5 Å². The molecule has 0 fully saturated rings. The van der Waals surface area contributed by atoms with Crippen molar-refractivity contribution in [2.75, 3.05) is 33.9 Å². The maximum absolute atomic E-state index is 5.00. The van der Waals surface area contributed by atoms with Gasteiger partial charge in [-0.3, -0.25) is 4.68 Å². The Morgan fingerprint density at radius 3 is 2.93 bits per heavy atom. The molecule has 0 amide bonds. The van der Waals surface area contributed by atoms with E-state index in [-0.39, 0.29) is 0 Å². The molecule has 80 valence electrons. The molecule has 0 aliphatic rings. The minimum Gasteiger partial charge on any atom is -0.385 e. The average molecular weight is 197 g/mol. The smallest absolute Gasteiger partial charge is 0.0536 e. The number of hydrogen-bond acceptors (Lipinski definition) is 3. The van der Waals surface area contributed by atoms with Crippen molar-refractivity contribution in [2.24, 2.45) is 0 Å². The second kappa shape index (κ2) is 6.56. The largest absolute Gasteiger partial charge is 0.385 e. The highest BCUT2D eigenvalue weighted by molar-refractivity contribution is 4.77. The Balaban J connectivity index is 2.06. The average Bonchev–Trinajstić information content (AvgIpc) is 2.68. The molecule has 4 heteroatoms. The summed E-state index contributed by atoms with van der Waals surface area (Å²) in [6.07, 6.45) is 4.89. The number of nitrogens with zero attached hydrogens (tertiary/aromatic N) is 3. The zero-order valence-corrected chi connectivity index (χ0v) is 9.02. The zero-order chi connectivity index (χ0) is 10.2. The quantitative estimate of drug-likeness (QED) is 0.607. The third kappa shape index (κ3) is 4.39. The maximum atomic E-state index is 5.00. The van der Waals surface area contributed by atoms with Crippen LogP contribution in [-0.4, -0.2) is 48.5 Å². The van der Waals surface area contributed by atoms with Gasteiger partial charge in [-0.15, -0.1) is 0 Å². The molecular formula is C10H19N3O. The summed E-state index contributed by atoms with van der Waals surface area (Å²) >= 11 is 0. The predicted molar refractivity (Wildman–Crippen MR) is 56.2 cm³/mol. The van der Waals surface area contributed by atoms with E-state index >= 15 is 0 Å². The van der Waals surface area contributed by atoms with Gasteiger partial charge in [0.1, 0.15) is 0 Å². The third-order valence-electron chi connectivity index (χ3n) is 2.16. The lowest BCUT2D eigenvalue weighted by molar-refractivity contribution is 0.178. The Kier molecular flexibility index (Phi) is 5.25. The molecule has 0 saturated heterocycles. The van der Waals surface area contributed by atoms with Gasteiger partial charge in [0.25, 0.3) is 0 Å². The predicted octanol–water partition coefficient (Wildman–Crippen LogP) is 0.851. The molecule has 1 aromatic heterocycles. The molecule has 0 saturated carbocycles. The van der Waals surface area contributed by atoms with Gasteiger partial charge in [-0.05, 0) is 19.5 Å². The van der Waals surface area contributed by atoms with Crippen LogP contribution >= 0.6 is 0 Å². The van der Waals surface area contributed by atoms with Crippen molar-refractivity contribution >= 4 is 0 Å². The van der Waals surface area contributed by atoms with E-state index in [9.17, 15) is 0 Å². The lowest BCUT2D eigenvalue weighted by Crippen LogP contribution is -2.25. The first-order valence-corrected chi connectivity index (χ1v) is 4.98. The summed E-state index contributed by atoms with van der Waals surface area (Å²) in [5.74, 6) is 0. The van der Waals surface area contributed by atoms with Crippen LogP contribution in [0.4, 0.5) is 0 Å². The van der Waals surface area contributed by atoms with Gasteiger partial charge in [0, 0.05) is 39.2 Å². The number of methoxy groups -OCH3 is 1. The van der Waals surface area contributed by atoms with Gasteiger partial charge >= 0.3 is 0 Å². The fourth-order valence-corrected chi connectivity index (χ4v) is 1.30. The number of rotatable bonds is 7. The molecule has 0 aromatic carbocycles. The minimum absolute atomic E-state index is 0.839. The third-order valence-corrected chi connectivity index (χ3v) is 2.16. The van der Waals surface area contributed by atoms with Crippen molar-refractivity contribution in [1.82, 2.24) is 14.7 Å². The van der Waals surface area contributed by atoms with Crippen molar-refractivity contribution in [1.29, 1.82) is 0 Å². The van der Waals surface area contributed by atoms with E-state index in [1.807, 2.05) is 23.1 Å². The molecule has 1 heterocycles. The van der Waals surface area contributed by atoms with Crippen LogP contribution in [0, 0.1) is 0 Å². The van der Waals surface area contributed by atoms with E-state index in [0.29, 0.717) is 0 Å². The van der Waals surface area contributed by atoms with E-state index in [1.54, 1.807) is 7.11 Å². The van der Waals surface area contributed by atoms with E-state index in [4.69, 9.17) is 4.74 Å². The molecule has 0 radical (unpaired) electrons. The summed E-state index contributed by atoms with van der Waals surface area (Å²) < 4.78 is 6.95. The monoisotopic (exact) mass is 197 g/mol. The molecule has 0 unspecified atom stereocenters. The molecule has 1 aromatic rings. The SMILES string of the molecule is COCCCN(C)CCn1cccn1. The van der Waals surface area contributed by atoms with Gasteiger partial charge in [-0.1, -0.05) is 0 Å². The van der Waals surface area contributed by atoms with Gasteiger partial charge in [0.2, 0.25) is 0 Å². The second-order valence-electron chi connectivity index (χ2n) is 3.42. The van der Waals surface area contributed by atoms with E-state index < -0.39 is 0 Å². The summed E-state index contributed by atoms with van der Waals surface area (Å²) in [7, 11) is 3.86. The van der Waals surface area contributed by atoms with Crippen LogP contribution in [0.1, 0.15) is 6.42 Å². The highest BCUT2D eigenvalue weighted by atomic mass is 16.5. The maximum Gasteiger partial charge on any atom is 0.0536 e. The molecule has 14 heavy (non-hydrogen) atoms. The van der Waals surface area contributed by atoms with Crippen molar-refractivity contribution in [3.63, 3.8) is 0 Å². The Hall–Kier alpha value is -0.870. The molecule has 0 spiro atoms. The molecular weight excluding hydrogens is 178 g/mol. The van der Waals surface area contributed by atoms with Gasteiger partial charge in [0.15, 0.2) is 0 Å². The van der Waals surface area contributed by atoms with Gasteiger partial charge in [-0.25, -0.2) is 0 Å². The van der Waals surface area contributed by atoms with Crippen LogP contribution in [0.3, 0.4) is 0 Å². The van der Waals surface area contributed by atoms with Crippen molar-refractivity contribution in [2.45, 2.75) is 13.0 Å². The molecule has 1 rings (SSSR count). The highest BCUT2D eigenvalue weighted by Gasteiger charge is 1.98. The van der Waals surface area contributed by atoms with Crippen molar-refractivity contribution in [3.8, 4) is 0 Å². The van der Waals surface area contributed by atoms with Crippen LogP contribution in [-0.2, 0) is 11.3 Å². The van der Waals surface area contributed by atoms with Crippen LogP contribution in [0.5, 0.6) is 0 Å². The van der Waals surface area contributed by atoms with Crippen LogP contribution in [0.2, 0.25) is 0 Å². The van der Waals surface area contributed by atoms with Crippen molar-refractivity contribution in [3.05, 3.63) is 18.5 Å². The Morgan fingerprint density at radius 1 is 1.43 bits per heavy atom. The first-order valence-electron chi connectivity index (χ1n) is 4.98. The van der Waals surface area contributed by atoms with Crippen molar-refractivity contribution < 1.29 is 4.74 Å². The Morgan fingerprint density at radius 2 is 2.29 bits per heavy atom. The molecule has 0 N–H and O–H groups in total. The molecule has 0 aliphatic carbocycles. The van der Waals surface area contributed by atoms with E-state index in [0.717, 1.165) is 32.7 Å². The number of hydrogen-bond donors (Lipinski definition) is 0. The van der Waals surface area contributed by atoms with E-state index in [1.165, 1.54) is 0 Å². The normalized spacial score (nSPS) is 11.1. The first kappa shape index (κ1) is 11.2. The Labute approximate surface area is 85.5 Å². The standard InChI is InChI=1S/C10H19N3O/c1-12(6-4-10-14-2)8-9-13-7-3-5-11-13/h3,5,7H,4,6,8-10H2,1-2H3. The summed E-state index contributed by atoms with van der Waals surface area (Å²) in [4.78, 5) is 2.29.